The van der Waals surface area contributed by atoms with Crippen LogP contribution in [-0.4, -0.2) is 18.8 Å². The summed E-state index contributed by atoms with van der Waals surface area (Å²) in [5.41, 5.74) is 1.87. The summed E-state index contributed by atoms with van der Waals surface area (Å²) in [6.07, 6.45) is 10.6. The molecule has 0 saturated carbocycles. The van der Waals surface area contributed by atoms with E-state index in [1.54, 1.807) is 0 Å². The summed E-state index contributed by atoms with van der Waals surface area (Å²) >= 11 is 1.95. The Morgan fingerprint density at radius 1 is 1.22 bits per heavy atom. The zero-order valence-corrected chi connectivity index (χ0v) is 12.5. The molecule has 1 fully saturated rings. The maximum atomic E-state index is 3.92. The van der Waals surface area contributed by atoms with E-state index in [-0.39, 0.29) is 0 Å². The highest BCUT2D eigenvalue weighted by Crippen LogP contribution is 2.50. The summed E-state index contributed by atoms with van der Waals surface area (Å²) in [5, 5.41) is 3.44. The number of hydrogen-bond acceptors (Lipinski definition) is 2. The van der Waals surface area contributed by atoms with Crippen molar-refractivity contribution in [2.45, 2.75) is 26.7 Å². The fourth-order valence-electron chi connectivity index (χ4n) is 2.54. The van der Waals surface area contributed by atoms with Crippen LogP contribution in [0.1, 0.15) is 26.7 Å². The second-order valence-corrected chi connectivity index (χ2v) is 5.41. The zero-order chi connectivity index (χ0) is 13.4. The Morgan fingerprint density at radius 3 is 2.44 bits per heavy atom. The lowest BCUT2D eigenvalue weighted by Gasteiger charge is -2.35. The first kappa shape index (κ1) is 15.3. The molecule has 100 valence electrons. The monoisotopic (exact) mass is 263 g/mol. The molecule has 1 nitrogen and oxygen atoms in total. The first-order chi connectivity index (χ1) is 8.82. The van der Waals surface area contributed by atoms with Crippen molar-refractivity contribution in [2.75, 3.05) is 18.8 Å². The quantitative estimate of drug-likeness (QED) is 0.761. The number of rotatable bonds is 3. The van der Waals surface area contributed by atoms with Crippen molar-refractivity contribution in [3.63, 3.8) is 0 Å². The molecule has 0 amide bonds. The molecule has 0 unspecified atom stereocenters. The molecule has 0 aromatic rings. The van der Waals surface area contributed by atoms with E-state index in [0.717, 1.165) is 13.1 Å². The van der Waals surface area contributed by atoms with Gasteiger partial charge in [-0.2, -0.15) is 0 Å². The average Bonchev–Trinajstić information content (AvgIpc) is 2.77. The lowest BCUT2D eigenvalue weighted by atomic mass is 9.74. The van der Waals surface area contributed by atoms with Gasteiger partial charge in [-0.1, -0.05) is 51.3 Å². The molecule has 0 radical (unpaired) electrons. The van der Waals surface area contributed by atoms with E-state index in [1.807, 2.05) is 37.8 Å². The molecule has 2 heteroatoms. The van der Waals surface area contributed by atoms with Crippen molar-refractivity contribution < 1.29 is 0 Å². The van der Waals surface area contributed by atoms with E-state index in [4.69, 9.17) is 0 Å². The maximum absolute atomic E-state index is 3.92. The van der Waals surface area contributed by atoms with Gasteiger partial charge in [0.25, 0.3) is 0 Å². The lowest BCUT2D eigenvalue weighted by Crippen LogP contribution is -2.38. The highest BCUT2D eigenvalue weighted by molar-refractivity contribution is 8.03. The zero-order valence-electron chi connectivity index (χ0n) is 11.7. The Labute approximate surface area is 116 Å². The molecule has 2 rings (SSSR count). The first-order valence-corrected chi connectivity index (χ1v) is 7.81. The average molecular weight is 263 g/mol. The SMILES string of the molecule is C=C/C=C\C1=C(C=C)SCC12CCNCC2.CC. The third-order valence-electron chi connectivity index (χ3n) is 3.49. The van der Waals surface area contributed by atoms with Crippen LogP contribution >= 0.6 is 11.8 Å². The van der Waals surface area contributed by atoms with Crippen LogP contribution in [0.2, 0.25) is 0 Å². The van der Waals surface area contributed by atoms with Gasteiger partial charge in [-0.15, -0.1) is 11.8 Å². The van der Waals surface area contributed by atoms with Gasteiger partial charge in [-0.25, -0.2) is 0 Å². The smallest absolute Gasteiger partial charge is 0.0104 e. The Hall–Kier alpha value is -0.730. The highest BCUT2D eigenvalue weighted by atomic mass is 32.2. The molecule has 1 spiro atoms. The van der Waals surface area contributed by atoms with E-state index >= 15 is 0 Å². The van der Waals surface area contributed by atoms with Crippen LogP contribution in [0.5, 0.6) is 0 Å². The predicted octanol–water partition coefficient (Wildman–Crippen LogP) is 4.31. The molecule has 2 heterocycles. The van der Waals surface area contributed by atoms with Gasteiger partial charge in [0.15, 0.2) is 0 Å². The molecule has 1 N–H and O–H groups in total. The number of thioether (sulfide) groups is 1. The minimum atomic E-state index is 0.388. The molecule has 0 aromatic heterocycles. The minimum Gasteiger partial charge on any atom is -0.317 e. The third kappa shape index (κ3) is 3.18. The summed E-state index contributed by atoms with van der Waals surface area (Å²) in [5.74, 6) is 1.22. The molecule has 0 aromatic carbocycles. The van der Waals surface area contributed by atoms with Crippen molar-refractivity contribution in [2.24, 2.45) is 5.41 Å². The van der Waals surface area contributed by atoms with Crippen LogP contribution in [0, 0.1) is 5.41 Å². The van der Waals surface area contributed by atoms with Crippen LogP contribution < -0.4 is 5.32 Å². The van der Waals surface area contributed by atoms with Gasteiger partial charge < -0.3 is 5.32 Å². The summed E-state index contributed by atoms with van der Waals surface area (Å²) in [6.45, 7) is 13.9. The fourth-order valence-corrected chi connectivity index (χ4v) is 3.98. The second kappa shape index (κ2) is 7.65. The van der Waals surface area contributed by atoms with Crippen molar-refractivity contribution in [3.8, 4) is 0 Å². The first-order valence-electron chi connectivity index (χ1n) is 6.82. The summed E-state index contributed by atoms with van der Waals surface area (Å²) in [6, 6.07) is 0. The van der Waals surface area contributed by atoms with Gasteiger partial charge in [0.2, 0.25) is 0 Å². The van der Waals surface area contributed by atoms with E-state index in [1.165, 1.54) is 29.1 Å². The van der Waals surface area contributed by atoms with Crippen molar-refractivity contribution in [1.82, 2.24) is 5.32 Å². The minimum absolute atomic E-state index is 0.388. The van der Waals surface area contributed by atoms with Gasteiger partial charge >= 0.3 is 0 Å². The van der Waals surface area contributed by atoms with Crippen LogP contribution in [0.25, 0.3) is 0 Å². The van der Waals surface area contributed by atoms with E-state index < -0.39 is 0 Å². The summed E-state index contributed by atoms with van der Waals surface area (Å²) in [7, 11) is 0. The van der Waals surface area contributed by atoms with Crippen LogP contribution in [0.15, 0.2) is 47.9 Å². The molecule has 0 atom stereocenters. The second-order valence-electron chi connectivity index (χ2n) is 4.40. The van der Waals surface area contributed by atoms with Gasteiger partial charge in [0.05, 0.1) is 0 Å². The van der Waals surface area contributed by atoms with Crippen LogP contribution in [0.4, 0.5) is 0 Å². The number of allylic oxidation sites excluding steroid dienone is 5. The fraction of sp³-hybridized carbons (Fsp3) is 0.500. The Balaban J connectivity index is 0.000000771. The topological polar surface area (TPSA) is 12.0 Å². The predicted molar refractivity (Wildman–Crippen MR) is 84.9 cm³/mol. The highest BCUT2D eigenvalue weighted by Gasteiger charge is 2.40. The van der Waals surface area contributed by atoms with Gasteiger partial charge in [-0.05, 0) is 31.5 Å². The summed E-state index contributed by atoms with van der Waals surface area (Å²) in [4.78, 5) is 1.36. The normalized spacial score (nSPS) is 21.9. The maximum Gasteiger partial charge on any atom is 0.0104 e. The molecule has 2 aliphatic heterocycles. The Morgan fingerprint density at radius 2 is 1.89 bits per heavy atom. The van der Waals surface area contributed by atoms with E-state index in [9.17, 15) is 0 Å². The molecule has 0 aliphatic carbocycles. The molecule has 2 aliphatic rings. The van der Waals surface area contributed by atoms with Crippen LogP contribution in [-0.2, 0) is 0 Å². The summed E-state index contributed by atoms with van der Waals surface area (Å²) < 4.78 is 0. The molecule has 18 heavy (non-hydrogen) atoms. The van der Waals surface area contributed by atoms with Gasteiger partial charge in [-0.3, -0.25) is 0 Å². The third-order valence-corrected chi connectivity index (χ3v) is 4.88. The van der Waals surface area contributed by atoms with Crippen LogP contribution in [0.3, 0.4) is 0 Å². The number of hydrogen-bond donors (Lipinski definition) is 1. The number of nitrogens with one attached hydrogen (secondary N) is 1. The molecule has 0 bridgehead atoms. The Kier molecular flexibility index (Phi) is 6.51. The van der Waals surface area contributed by atoms with E-state index in [0.29, 0.717) is 5.41 Å². The molecular formula is C16H25NS. The van der Waals surface area contributed by atoms with Crippen molar-refractivity contribution in [1.29, 1.82) is 0 Å². The standard InChI is InChI=1S/C14H19NS.C2H6/c1-3-5-6-12-13(4-2)16-11-14(12)7-9-15-10-8-14;1-2/h3-6,15H,1-2,7-11H2;1-2H3/b6-5-;. The van der Waals surface area contributed by atoms with Crippen molar-refractivity contribution in [3.05, 3.63) is 47.9 Å². The van der Waals surface area contributed by atoms with Gasteiger partial charge in [0, 0.05) is 16.1 Å². The number of piperidine rings is 1. The van der Waals surface area contributed by atoms with Crippen molar-refractivity contribution >= 4 is 11.8 Å². The molecular weight excluding hydrogens is 238 g/mol. The molecule has 1 saturated heterocycles. The Bertz CT molecular complexity index is 346. The lowest BCUT2D eigenvalue weighted by molar-refractivity contribution is 0.298. The van der Waals surface area contributed by atoms with E-state index in [2.05, 4.69) is 30.6 Å². The van der Waals surface area contributed by atoms with Gasteiger partial charge in [0.1, 0.15) is 0 Å². The largest absolute Gasteiger partial charge is 0.317 e.